The van der Waals surface area contributed by atoms with E-state index in [-0.39, 0.29) is 18.4 Å². The fourth-order valence-corrected chi connectivity index (χ4v) is 3.11. The molecule has 8 heteroatoms. The number of amides is 2. The predicted molar refractivity (Wildman–Crippen MR) is 95.8 cm³/mol. The van der Waals surface area contributed by atoms with Gasteiger partial charge in [-0.3, -0.25) is 14.4 Å². The second-order valence-corrected chi connectivity index (χ2v) is 6.60. The molecule has 0 atom stereocenters. The van der Waals surface area contributed by atoms with E-state index in [1.165, 1.54) is 11.3 Å². The van der Waals surface area contributed by atoms with Crippen molar-refractivity contribution in [3.8, 4) is 11.3 Å². The van der Waals surface area contributed by atoms with Crippen molar-refractivity contribution in [2.24, 2.45) is 5.92 Å². The van der Waals surface area contributed by atoms with E-state index in [1.54, 1.807) is 42.4 Å². The third kappa shape index (κ3) is 4.33. The fourth-order valence-electron chi connectivity index (χ4n) is 3.11. The van der Waals surface area contributed by atoms with Crippen LogP contribution in [0.25, 0.3) is 11.3 Å². The Balaban J connectivity index is 1.56. The number of hydrogen-bond donors (Lipinski definition) is 1. The van der Waals surface area contributed by atoms with Crippen LogP contribution in [-0.2, 0) is 9.59 Å². The Kier molecular flexibility index (Phi) is 5.54. The summed E-state index contributed by atoms with van der Waals surface area (Å²) in [6, 6.07) is 6.89. The van der Waals surface area contributed by atoms with Gasteiger partial charge < -0.3 is 19.3 Å². The van der Waals surface area contributed by atoms with Gasteiger partial charge in [-0.2, -0.15) is 0 Å². The van der Waals surface area contributed by atoms with Gasteiger partial charge in [0.2, 0.25) is 5.91 Å². The minimum Gasteiger partial charge on any atom is -0.481 e. The fraction of sp³-hybridized carbons (Fsp3) is 0.368. The number of carboxylic acids is 1. The molecule has 1 aliphatic heterocycles. The van der Waals surface area contributed by atoms with Gasteiger partial charge in [-0.1, -0.05) is 12.1 Å². The number of oxazole rings is 1. The van der Waals surface area contributed by atoms with E-state index in [9.17, 15) is 14.4 Å². The second kappa shape index (κ2) is 8.03. The maximum absolute atomic E-state index is 12.5. The quantitative estimate of drug-likeness (QED) is 0.858. The zero-order valence-electron chi connectivity index (χ0n) is 15.0. The van der Waals surface area contributed by atoms with E-state index >= 15 is 0 Å². The van der Waals surface area contributed by atoms with Crippen molar-refractivity contribution in [1.82, 2.24) is 14.8 Å². The van der Waals surface area contributed by atoms with Crippen LogP contribution in [0.2, 0.25) is 0 Å². The van der Waals surface area contributed by atoms with Crippen LogP contribution in [0.4, 0.5) is 0 Å². The average molecular weight is 371 g/mol. The molecule has 0 aliphatic carbocycles. The summed E-state index contributed by atoms with van der Waals surface area (Å²) in [6.45, 7) is 0.772. The van der Waals surface area contributed by atoms with Gasteiger partial charge >= 0.3 is 5.97 Å². The highest BCUT2D eigenvalue weighted by Gasteiger charge is 2.28. The Morgan fingerprint density at radius 3 is 2.44 bits per heavy atom. The Morgan fingerprint density at radius 1 is 1.22 bits per heavy atom. The normalized spacial score (nSPS) is 14.8. The van der Waals surface area contributed by atoms with Crippen molar-refractivity contribution >= 4 is 17.8 Å². The van der Waals surface area contributed by atoms with Crippen molar-refractivity contribution in [1.29, 1.82) is 0 Å². The number of hydrogen-bond acceptors (Lipinski definition) is 5. The molecule has 3 rings (SSSR count). The molecule has 27 heavy (non-hydrogen) atoms. The molecule has 1 fully saturated rings. The zero-order chi connectivity index (χ0) is 19.4. The maximum atomic E-state index is 12.5. The van der Waals surface area contributed by atoms with Crippen LogP contribution in [0.15, 0.2) is 41.3 Å². The van der Waals surface area contributed by atoms with Gasteiger partial charge in [-0.25, -0.2) is 4.98 Å². The number of carboxylic acid groups (broad SMARTS) is 1. The smallest absolute Gasteiger partial charge is 0.306 e. The molecule has 1 aliphatic rings. The molecule has 0 saturated carbocycles. The Labute approximate surface area is 156 Å². The first-order valence-electron chi connectivity index (χ1n) is 8.70. The molecule has 1 saturated heterocycles. The lowest BCUT2D eigenvalue weighted by atomic mass is 9.97. The zero-order valence-corrected chi connectivity index (χ0v) is 15.0. The largest absolute Gasteiger partial charge is 0.481 e. The standard InChI is InChI=1S/C19H21N3O5/c1-21(11-17(23)22-8-6-15(7-9-22)19(25)26)18(24)14-4-2-13(3-5-14)16-10-20-12-27-16/h2-5,10,12,15H,6-9,11H2,1H3,(H,25,26). The molecule has 2 aromatic rings. The average Bonchev–Trinajstić information content (AvgIpc) is 3.22. The van der Waals surface area contributed by atoms with Crippen LogP contribution in [0.1, 0.15) is 23.2 Å². The lowest BCUT2D eigenvalue weighted by molar-refractivity contribution is -0.145. The number of aliphatic carboxylic acids is 1. The van der Waals surface area contributed by atoms with Crippen molar-refractivity contribution in [2.75, 3.05) is 26.7 Å². The van der Waals surface area contributed by atoms with E-state index in [0.717, 1.165) is 5.56 Å². The van der Waals surface area contributed by atoms with E-state index < -0.39 is 11.9 Å². The van der Waals surface area contributed by atoms with E-state index in [2.05, 4.69) is 4.98 Å². The summed E-state index contributed by atoms with van der Waals surface area (Å²) in [5, 5.41) is 9.02. The van der Waals surface area contributed by atoms with Gasteiger partial charge in [0.15, 0.2) is 12.2 Å². The minimum atomic E-state index is -0.817. The van der Waals surface area contributed by atoms with Gasteiger partial charge in [0, 0.05) is 31.3 Å². The van der Waals surface area contributed by atoms with Crippen molar-refractivity contribution in [2.45, 2.75) is 12.8 Å². The van der Waals surface area contributed by atoms with Crippen molar-refractivity contribution in [3.05, 3.63) is 42.4 Å². The molecule has 8 nitrogen and oxygen atoms in total. The van der Waals surface area contributed by atoms with E-state index in [0.29, 0.717) is 37.3 Å². The first kappa shape index (κ1) is 18.6. The minimum absolute atomic E-state index is 0.0412. The Bertz CT molecular complexity index is 808. The monoisotopic (exact) mass is 371 g/mol. The molecule has 0 spiro atoms. The number of rotatable bonds is 5. The Hall–Kier alpha value is -3.16. The number of nitrogens with zero attached hydrogens (tertiary/aromatic N) is 3. The van der Waals surface area contributed by atoms with Gasteiger partial charge in [0.25, 0.3) is 5.91 Å². The van der Waals surface area contributed by atoms with Crippen molar-refractivity contribution in [3.63, 3.8) is 0 Å². The lowest BCUT2D eigenvalue weighted by Gasteiger charge is -2.31. The maximum Gasteiger partial charge on any atom is 0.306 e. The van der Waals surface area contributed by atoms with Gasteiger partial charge in [-0.05, 0) is 25.0 Å². The molecule has 1 aromatic carbocycles. The molecule has 0 unspecified atom stereocenters. The molecule has 0 radical (unpaired) electrons. The Morgan fingerprint density at radius 2 is 1.89 bits per heavy atom. The number of benzene rings is 1. The number of piperidine rings is 1. The van der Waals surface area contributed by atoms with Crippen LogP contribution < -0.4 is 0 Å². The highest BCUT2D eigenvalue weighted by molar-refractivity contribution is 5.96. The molecule has 1 N–H and O–H groups in total. The second-order valence-electron chi connectivity index (χ2n) is 6.60. The third-order valence-electron chi connectivity index (χ3n) is 4.76. The first-order chi connectivity index (χ1) is 13.0. The third-order valence-corrected chi connectivity index (χ3v) is 4.76. The van der Waals surface area contributed by atoms with E-state index in [1.807, 2.05) is 0 Å². The summed E-state index contributed by atoms with van der Waals surface area (Å²) >= 11 is 0. The number of likely N-dealkylation sites (tertiary alicyclic amines) is 1. The van der Waals surface area contributed by atoms with Crippen LogP contribution >= 0.6 is 0 Å². The summed E-state index contributed by atoms with van der Waals surface area (Å²) in [6.07, 6.45) is 3.83. The molecule has 2 heterocycles. The van der Waals surface area contributed by atoms with Crippen LogP contribution in [0.5, 0.6) is 0 Å². The van der Waals surface area contributed by atoms with Crippen LogP contribution in [0.3, 0.4) is 0 Å². The number of likely N-dealkylation sites (N-methyl/N-ethyl adjacent to an activating group) is 1. The summed E-state index contributed by atoms with van der Waals surface area (Å²) in [4.78, 5) is 42.8. The number of carbonyl (C=O) groups is 3. The van der Waals surface area contributed by atoms with Gasteiger partial charge in [-0.15, -0.1) is 0 Å². The molecular weight excluding hydrogens is 350 g/mol. The molecular formula is C19H21N3O5. The summed E-state index contributed by atoms with van der Waals surface area (Å²) < 4.78 is 5.22. The number of aromatic nitrogens is 1. The molecule has 0 bridgehead atoms. The highest BCUT2D eigenvalue weighted by Crippen LogP contribution is 2.20. The summed E-state index contributed by atoms with van der Waals surface area (Å²) in [7, 11) is 1.58. The highest BCUT2D eigenvalue weighted by atomic mass is 16.4. The summed E-state index contributed by atoms with van der Waals surface area (Å²) in [5.74, 6) is -1.03. The van der Waals surface area contributed by atoms with Crippen molar-refractivity contribution < 1.29 is 23.9 Å². The lowest BCUT2D eigenvalue weighted by Crippen LogP contribution is -2.45. The molecule has 2 amide bonds. The van der Waals surface area contributed by atoms with E-state index in [4.69, 9.17) is 9.52 Å². The van der Waals surface area contributed by atoms with Gasteiger partial charge in [0.1, 0.15) is 0 Å². The van der Waals surface area contributed by atoms with Crippen LogP contribution in [0, 0.1) is 5.92 Å². The SMILES string of the molecule is CN(CC(=O)N1CCC(C(=O)O)CC1)C(=O)c1ccc(-c2cnco2)cc1. The summed E-state index contributed by atoms with van der Waals surface area (Å²) in [5.41, 5.74) is 1.28. The van der Waals surface area contributed by atoms with Gasteiger partial charge in [0.05, 0.1) is 18.7 Å². The number of carbonyl (C=O) groups excluding carboxylic acids is 2. The molecule has 142 valence electrons. The molecule has 1 aromatic heterocycles. The topological polar surface area (TPSA) is 104 Å². The first-order valence-corrected chi connectivity index (χ1v) is 8.70. The van der Waals surface area contributed by atoms with Crippen LogP contribution in [-0.4, -0.2) is 64.4 Å². The predicted octanol–water partition coefficient (Wildman–Crippen LogP) is 1.74.